The van der Waals surface area contributed by atoms with Gasteiger partial charge in [0.2, 0.25) is 0 Å². The number of carbonyl (C=O) groups is 1. The fourth-order valence-corrected chi connectivity index (χ4v) is 2.28. The summed E-state index contributed by atoms with van der Waals surface area (Å²) >= 11 is 0. The molecule has 6 heteroatoms. The fourth-order valence-electron chi connectivity index (χ4n) is 2.28. The van der Waals surface area contributed by atoms with Gasteiger partial charge < -0.3 is 14.9 Å². The molecule has 1 aromatic carbocycles. The van der Waals surface area contributed by atoms with Crippen LogP contribution in [0.15, 0.2) is 36.8 Å². The SMILES string of the molecule is CC(C)n1cnnc1CNC(=O)c1ccc2[nH]ccc2c1. The Bertz CT molecular complexity index is 771. The number of benzene rings is 1. The number of H-pyrrole nitrogens is 1. The van der Waals surface area contributed by atoms with Crippen LogP contribution in [-0.4, -0.2) is 25.7 Å². The molecule has 21 heavy (non-hydrogen) atoms. The molecule has 0 saturated carbocycles. The lowest BCUT2D eigenvalue weighted by Crippen LogP contribution is -2.25. The zero-order valence-electron chi connectivity index (χ0n) is 12.0. The summed E-state index contributed by atoms with van der Waals surface area (Å²) in [5.74, 6) is 0.637. The lowest BCUT2D eigenvalue weighted by Gasteiger charge is -2.10. The Kier molecular flexibility index (Phi) is 3.43. The summed E-state index contributed by atoms with van der Waals surface area (Å²) in [6, 6.07) is 7.79. The van der Waals surface area contributed by atoms with Gasteiger partial charge in [-0.25, -0.2) is 0 Å². The largest absolute Gasteiger partial charge is 0.361 e. The Morgan fingerprint density at radius 1 is 1.38 bits per heavy atom. The summed E-state index contributed by atoms with van der Waals surface area (Å²) in [7, 11) is 0. The third-order valence-corrected chi connectivity index (χ3v) is 3.43. The number of hydrogen-bond acceptors (Lipinski definition) is 3. The third-order valence-electron chi connectivity index (χ3n) is 3.43. The van der Waals surface area contributed by atoms with E-state index in [1.807, 2.05) is 29.0 Å². The molecule has 0 bridgehead atoms. The van der Waals surface area contributed by atoms with Crippen molar-refractivity contribution < 1.29 is 4.79 Å². The minimum atomic E-state index is -0.114. The van der Waals surface area contributed by atoms with E-state index in [0.29, 0.717) is 12.1 Å². The molecule has 0 saturated heterocycles. The number of aromatic nitrogens is 4. The number of amides is 1. The molecule has 6 nitrogen and oxygen atoms in total. The first kappa shape index (κ1) is 13.4. The van der Waals surface area contributed by atoms with E-state index in [1.165, 1.54) is 0 Å². The minimum Gasteiger partial charge on any atom is -0.361 e. The van der Waals surface area contributed by atoms with E-state index in [-0.39, 0.29) is 11.9 Å². The van der Waals surface area contributed by atoms with Crippen molar-refractivity contribution in [3.05, 3.63) is 48.2 Å². The number of nitrogens with one attached hydrogen (secondary N) is 2. The molecule has 0 atom stereocenters. The Balaban J connectivity index is 1.72. The number of fused-ring (bicyclic) bond motifs is 1. The number of rotatable bonds is 4. The first-order valence-electron chi connectivity index (χ1n) is 6.89. The Morgan fingerprint density at radius 2 is 2.24 bits per heavy atom. The molecule has 0 spiro atoms. The molecule has 1 amide bonds. The Morgan fingerprint density at radius 3 is 3.05 bits per heavy atom. The Hall–Kier alpha value is -2.63. The maximum atomic E-state index is 12.2. The van der Waals surface area contributed by atoms with E-state index < -0.39 is 0 Å². The van der Waals surface area contributed by atoms with E-state index >= 15 is 0 Å². The highest BCUT2D eigenvalue weighted by atomic mass is 16.1. The second kappa shape index (κ2) is 5.40. The van der Waals surface area contributed by atoms with Crippen LogP contribution in [0.25, 0.3) is 10.9 Å². The summed E-state index contributed by atoms with van der Waals surface area (Å²) in [6.07, 6.45) is 3.54. The van der Waals surface area contributed by atoms with Gasteiger partial charge in [-0.3, -0.25) is 4.79 Å². The molecule has 2 aromatic heterocycles. The number of nitrogens with zero attached hydrogens (tertiary/aromatic N) is 3. The quantitative estimate of drug-likeness (QED) is 0.771. The van der Waals surface area contributed by atoms with Gasteiger partial charge in [-0.15, -0.1) is 10.2 Å². The molecular formula is C15H17N5O. The standard InChI is InChI=1S/C15H17N5O/c1-10(2)20-9-18-19-14(20)8-17-15(21)12-3-4-13-11(7-12)5-6-16-13/h3-7,9-10,16H,8H2,1-2H3,(H,17,21). The van der Waals surface area contributed by atoms with Gasteiger partial charge in [0.1, 0.15) is 6.33 Å². The molecule has 0 unspecified atom stereocenters. The highest BCUT2D eigenvalue weighted by Crippen LogP contribution is 2.14. The second-order valence-electron chi connectivity index (χ2n) is 5.21. The van der Waals surface area contributed by atoms with Crippen LogP contribution in [0.3, 0.4) is 0 Å². The first-order valence-corrected chi connectivity index (χ1v) is 6.89. The van der Waals surface area contributed by atoms with Gasteiger partial charge in [0.15, 0.2) is 5.82 Å². The molecular weight excluding hydrogens is 266 g/mol. The molecule has 2 heterocycles. The molecule has 0 aliphatic heterocycles. The van der Waals surface area contributed by atoms with Crippen LogP contribution in [-0.2, 0) is 6.54 Å². The van der Waals surface area contributed by atoms with Crippen molar-refractivity contribution in [1.82, 2.24) is 25.1 Å². The summed E-state index contributed by atoms with van der Waals surface area (Å²) in [6.45, 7) is 4.46. The van der Waals surface area contributed by atoms with Crippen molar-refractivity contribution in [2.24, 2.45) is 0 Å². The summed E-state index contributed by atoms with van der Waals surface area (Å²) in [5.41, 5.74) is 1.66. The van der Waals surface area contributed by atoms with Gasteiger partial charge in [-0.05, 0) is 38.1 Å². The summed E-state index contributed by atoms with van der Waals surface area (Å²) in [5, 5.41) is 11.8. The van der Waals surface area contributed by atoms with Crippen molar-refractivity contribution in [2.45, 2.75) is 26.4 Å². The molecule has 3 aromatic rings. The average molecular weight is 283 g/mol. The zero-order valence-corrected chi connectivity index (χ0v) is 12.0. The molecule has 0 fully saturated rings. The van der Waals surface area contributed by atoms with E-state index in [4.69, 9.17) is 0 Å². The molecule has 0 aliphatic carbocycles. The van der Waals surface area contributed by atoms with Crippen LogP contribution >= 0.6 is 0 Å². The highest BCUT2D eigenvalue weighted by molar-refractivity contribution is 5.97. The lowest BCUT2D eigenvalue weighted by atomic mass is 10.1. The van der Waals surface area contributed by atoms with Gasteiger partial charge in [0, 0.05) is 28.7 Å². The number of carbonyl (C=O) groups excluding carboxylic acids is 1. The maximum absolute atomic E-state index is 12.2. The lowest BCUT2D eigenvalue weighted by molar-refractivity contribution is 0.0949. The number of aromatic amines is 1. The van der Waals surface area contributed by atoms with Crippen molar-refractivity contribution >= 4 is 16.8 Å². The normalized spacial score (nSPS) is 11.2. The van der Waals surface area contributed by atoms with E-state index in [9.17, 15) is 4.79 Å². The van der Waals surface area contributed by atoms with E-state index in [2.05, 4.69) is 34.3 Å². The fraction of sp³-hybridized carbons (Fsp3) is 0.267. The van der Waals surface area contributed by atoms with Crippen LogP contribution in [0.4, 0.5) is 0 Å². The van der Waals surface area contributed by atoms with E-state index in [0.717, 1.165) is 16.7 Å². The summed E-state index contributed by atoms with van der Waals surface area (Å²) in [4.78, 5) is 15.3. The van der Waals surface area contributed by atoms with Crippen molar-refractivity contribution in [1.29, 1.82) is 0 Å². The molecule has 0 radical (unpaired) electrons. The number of hydrogen-bond donors (Lipinski definition) is 2. The zero-order chi connectivity index (χ0) is 14.8. The topological polar surface area (TPSA) is 75.6 Å². The molecule has 0 aliphatic rings. The molecule has 2 N–H and O–H groups in total. The first-order chi connectivity index (χ1) is 10.1. The second-order valence-corrected chi connectivity index (χ2v) is 5.21. The molecule has 3 rings (SSSR count). The minimum absolute atomic E-state index is 0.114. The van der Waals surface area contributed by atoms with Crippen LogP contribution in [0.2, 0.25) is 0 Å². The third kappa shape index (κ3) is 2.65. The van der Waals surface area contributed by atoms with Crippen LogP contribution in [0.1, 0.15) is 36.1 Å². The van der Waals surface area contributed by atoms with Gasteiger partial charge in [0.05, 0.1) is 6.54 Å². The smallest absolute Gasteiger partial charge is 0.251 e. The van der Waals surface area contributed by atoms with Crippen molar-refractivity contribution in [3.63, 3.8) is 0 Å². The predicted molar refractivity (Wildman–Crippen MR) is 79.9 cm³/mol. The van der Waals surface area contributed by atoms with Gasteiger partial charge in [-0.1, -0.05) is 0 Å². The maximum Gasteiger partial charge on any atom is 0.251 e. The molecule has 108 valence electrons. The predicted octanol–water partition coefficient (Wildman–Crippen LogP) is 2.27. The van der Waals surface area contributed by atoms with Crippen molar-refractivity contribution in [2.75, 3.05) is 0 Å². The van der Waals surface area contributed by atoms with Crippen LogP contribution in [0.5, 0.6) is 0 Å². The van der Waals surface area contributed by atoms with Gasteiger partial charge in [-0.2, -0.15) is 0 Å². The van der Waals surface area contributed by atoms with Crippen LogP contribution in [0, 0.1) is 0 Å². The van der Waals surface area contributed by atoms with E-state index in [1.54, 1.807) is 12.4 Å². The van der Waals surface area contributed by atoms with Gasteiger partial charge in [0.25, 0.3) is 5.91 Å². The Labute approximate surface area is 122 Å². The van der Waals surface area contributed by atoms with Gasteiger partial charge >= 0.3 is 0 Å². The summed E-state index contributed by atoms with van der Waals surface area (Å²) < 4.78 is 1.94. The average Bonchev–Trinajstić information content (AvgIpc) is 3.12. The van der Waals surface area contributed by atoms with Crippen molar-refractivity contribution in [3.8, 4) is 0 Å². The monoisotopic (exact) mass is 283 g/mol. The highest BCUT2D eigenvalue weighted by Gasteiger charge is 2.10. The van der Waals surface area contributed by atoms with Crippen LogP contribution < -0.4 is 5.32 Å².